The summed E-state index contributed by atoms with van der Waals surface area (Å²) in [6.07, 6.45) is 92.0. The number of amides is 1. The summed E-state index contributed by atoms with van der Waals surface area (Å²) in [7, 11) is 0. The van der Waals surface area contributed by atoms with Crippen LogP contribution >= 0.6 is 0 Å². The summed E-state index contributed by atoms with van der Waals surface area (Å²) in [5, 5.41) is 23.2. The molecule has 2 unspecified atom stereocenters. The third-order valence-corrected chi connectivity index (χ3v) is 16.8. The molecule has 1 amide bonds. The topological polar surface area (TPSA) is 95.9 Å². The summed E-state index contributed by atoms with van der Waals surface area (Å²) in [4.78, 5) is 24.6. The molecule has 0 radical (unpaired) electrons. The first-order valence-corrected chi connectivity index (χ1v) is 36.4. The smallest absolute Gasteiger partial charge is 0.305 e. The molecule has 0 saturated heterocycles. The van der Waals surface area contributed by atoms with Crippen molar-refractivity contribution in [3.63, 3.8) is 0 Å². The monoisotopic (exact) mass is 1140 g/mol. The minimum absolute atomic E-state index is 0.00506. The third-order valence-electron chi connectivity index (χ3n) is 16.8. The van der Waals surface area contributed by atoms with Crippen LogP contribution in [0.5, 0.6) is 0 Å². The maximum absolute atomic E-state index is 12.5. The van der Waals surface area contributed by atoms with E-state index in [0.29, 0.717) is 19.4 Å². The molecule has 0 aromatic rings. The SMILES string of the molecule is CCCCCC/C=C\C/C=C\CCCCCCCC(=O)OCCCCCCCCCCCCCC/C=C\CCCCCCCCCCCCCCCCCCCC(=O)NC(CO)C(O)/C=C/CCCCCCCCCCCCCCC. The van der Waals surface area contributed by atoms with E-state index in [0.717, 1.165) is 51.4 Å². The number of hydrogen-bond acceptors (Lipinski definition) is 5. The zero-order valence-electron chi connectivity index (χ0n) is 54.5. The van der Waals surface area contributed by atoms with E-state index in [2.05, 4.69) is 55.6 Å². The standard InChI is InChI=1S/C75H141NO5/c1-3-5-7-9-11-13-15-17-19-41-45-49-53-57-61-65-69-75(80)81-70-66-62-58-54-50-46-42-38-36-34-32-30-28-26-24-22-20-21-23-25-27-29-31-33-35-37-40-44-48-52-56-60-64-68-74(79)76-72(71-77)73(78)67-63-59-55-51-47-43-39-18-16-14-12-10-8-6-4-2/h13,15,19,24,26,41,63,67,72-73,77-78H,3-12,14,16-18,20-23,25,27-40,42-62,64-66,68-71H2,1-2H3,(H,76,79)/b15-13-,26-24-,41-19-,67-63+. The van der Waals surface area contributed by atoms with Crippen molar-refractivity contribution in [1.29, 1.82) is 0 Å². The van der Waals surface area contributed by atoms with Gasteiger partial charge in [0.25, 0.3) is 0 Å². The van der Waals surface area contributed by atoms with Gasteiger partial charge in [-0.3, -0.25) is 9.59 Å². The van der Waals surface area contributed by atoms with E-state index in [1.54, 1.807) is 6.08 Å². The zero-order valence-corrected chi connectivity index (χ0v) is 54.5. The number of carbonyl (C=O) groups is 2. The lowest BCUT2D eigenvalue weighted by Crippen LogP contribution is -2.45. The maximum Gasteiger partial charge on any atom is 0.305 e. The number of aliphatic hydroxyl groups is 2. The number of allylic oxidation sites excluding steroid dienone is 7. The van der Waals surface area contributed by atoms with E-state index in [1.165, 1.54) is 315 Å². The van der Waals surface area contributed by atoms with Crippen molar-refractivity contribution in [2.45, 2.75) is 405 Å². The van der Waals surface area contributed by atoms with E-state index >= 15 is 0 Å². The fourth-order valence-electron chi connectivity index (χ4n) is 11.3. The van der Waals surface area contributed by atoms with E-state index in [1.807, 2.05) is 6.08 Å². The molecule has 0 aliphatic heterocycles. The molecule has 6 nitrogen and oxygen atoms in total. The summed E-state index contributed by atoms with van der Waals surface area (Å²) in [6, 6.07) is -0.626. The number of aliphatic hydroxyl groups excluding tert-OH is 2. The van der Waals surface area contributed by atoms with Gasteiger partial charge >= 0.3 is 5.97 Å². The first-order valence-electron chi connectivity index (χ1n) is 36.4. The Bertz CT molecular complexity index is 1360. The first-order chi connectivity index (χ1) is 40.0. The molecule has 0 aromatic carbocycles. The highest BCUT2D eigenvalue weighted by atomic mass is 16.5. The van der Waals surface area contributed by atoms with Gasteiger partial charge in [-0.05, 0) is 89.9 Å². The summed E-state index contributed by atoms with van der Waals surface area (Å²) >= 11 is 0. The Morgan fingerprint density at radius 1 is 0.346 bits per heavy atom. The van der Waals surface area contributed by atoms with Crippen molar-refractivity contribution >= 4 is 11.9 Å². The minimum atomic E-state index is -0.842. The van der Waals surface area contributed by atoms with Gasteiger partial charge in [-0.25, -0.2) is 0 Å². The zero-order chi connectivity index (χ0) is 58.5. The summed E-state index contributed by atoms with van der Waals surface area (Å²) in [5.74, 6) is -0.0579. The molecule has 0 rings (SSSR count). The normalized spacial score (nSPS) is 12.8. The molecule has 0 aliphatic rings. The highest BCUT2D eigenvalue weighted by Crippen LogP contribution is 2.18. The Morgan fingerprint density at radius 3 is 0.963 bits per heavy atom. The minimum Gasteiger partial charge on any atom is -0.466 e. The summed E-state index contributed by atoms with van der Waals surface area (Å²) < 4.78 is 5.49. The molecule has 6 heteroatoms. The highest BCUT2D eigenvalue weighted by molar-refractivity contribution is 5.76. The second-order valence-electron chi connectivity index (χ2n) is 24.9. The van der Waals surface area contributed by atoms with Gasteiger partial charge in [-0.1, -0.05) is 339 Å². The van der Waals surface area contributed by atoms with Gasteiger partial charge in [0, 0.05) is 12.8 Å². The third kappa shape index (κ3) is 66.8. The second kappa shape index (κ2) is 70.3. The average Bonchev–Trinajstić information content (AvgIpc) is 3.47. The number of ether oxygens (including phenoxy) is 1. The number of unbranched alkanes of at least 4 members (excludes halogenated alkanes) is 51. The molecule has 0 heterocycles. The van der Waals surface area contributed by atoms with E-state index in [-0.39, 0.29) is 18.5 Å². The van der Waals surface area contributed by atoms with Crippen LogP contribution in [0.2, 0.25) is 0 Å². The molecule has 0 saturated carbocycles. The van der Waals surface area contributed by atoms with Crippen LogP contribution in [0.25, 0.3) is 0 Å². The Morgan fingerprint density at radius 2 is 0.617 bits per heavy atom. The number of carbonyl (C=O) groups excluding carboxylic acids is 2. The molecule has 0 fully saturated rings. The number of nitrogens with one attached hydrogen (secondary N) is 1. The molecule has 3 N–H and O–H groups in total. The van der Waals surface area contributed by atoms with E-state index < -0.39 is 12.1 Å². The molecular weight excluding hydrogens is 995 g/mol. The number of rotatable bonds is 68. The fraction of sp³-hybridized carbons (Fsp3) is 0.867. The number of hydrogen-bond donors (Lipinski definition) is 3. The van der Waals surface area contributed by atoms with Crippen molar-refractivity contribution < 1.29 is 24.5 Å². The van der Waals surface area contributed by atoms with Gasteiger partial charge in [0.1, 0.15) is 0 Å². The van der Waals surface area contributed by atoms with Crippen LogP contribution < -0.4 is 5.32 Å². The molecule has 2 atom stereocenters. The second-order valence-corrected chi connectivity index (χ2v) is 24.9. The Kier molecular flexibility index (Phi) is 68.4. The van der Waals surface area contributed by atoms with Gasteiger partial charge in [0.05, 0.1) is 25.4 Å². The van der Waals surface area contributed by atoms with Crippen molar-refractivity contribution in [3.05, 3.63) is 48.6 Å². The van der Waals surface area contributed by atoms with Crippen LogP contribution in [0.3, 0.4) is 0 Å². The lowest BCUT2D eigenvalue weighted by atomic mass is 10.0. The Hall–Kier alpha value is -2.18. The predicted octanol–water partition coefficient (Wildman–Crippen LogP) is 23.6. The Labute approximate surface area is 506 Å². The largest absolute Gasteiger partial charge is 0.466 e. The first kappa shape index (κ1) is 78.8. The van der Waals surface area contributed by atoms with Gasteiger partial charge in [0.15, 0.2) is 0 Å². The van der Waals surface area contributed by atoms with E-state index in [4.69, 9.17) is 4.74 Å². The lowest BCUT2D eigenvalue weighted by molar-refractivity contribution is -0.143. The van der Waals surface area contributed by atoms with Gasteiger partial charge in [-0.2, -0.15) is 0 Å². The van der Waals surface area contributed by atoms with Crippen LogP contribution in [0.15, 0.2) is 48.6 Å². The molecular formula is C75H141NO5. The molecule has 476 valence electrons. The molecule has 0 bridgehead atoms. The van der Waals surface area contributed by atoms with Crippen molar-refractivity contribution in [2.24, 2.45) is 0 Å². The van der Waals surface area contributed by atoms with Crippen LogP contribution in [0.4, 0.5) is 0 Å². The predicted molar refractivity (Wildman–Crippen MR) is 356 cm³/mol. The Balaban J connectivity index is 3.36. The average molecular weight is 1140 g/mol. The highest BCUT2D eigenvalue weighted by Gasteiger charge is 2.18. The van der Waals surface area contributed by atoms with Crippen LogP contribution in [-0.4, -0.2) is 47.4 Å². The van der Waals surface area contributed by atoms with E-state index in [9.17, 15) is 19.8 Å². The van der Waals surface area contributed by atoms with Crippen LogP contribution in [0.1, 0.15) is 393 Å². The van der Waals surface area contributed by atoms with Crippen molar-refractivity contribution in [1.82, 2.24) is 5.32 Å². The summed E-state index contributed by atoms with van der Waals surface area (Å²) in [5.41, 5.74) is 0. The molecule has 0 aromatic heterocycles. The van der Waals surface area contributed by atoms with Crippen LogP contribution in [0, 0.1) is 0 Å². The fourth-order valence-corrected chi connectivity index (χ4v) is 11.3. The van der Waals surface area contributed by atoms with Crippen LogP contribution in [-0.2, 0) is 14.3 Å². The number of esters is 1. The van der Waals surface area contributed by atoms with Crippen molar-refractivity contribution in [3.8, 4) is 0 Å². The van der Waals surface area contributed by atoms with Crippen molar-refractivity contribution in [2.75, 3.05) is 13.2 Å². The van der Waals surface area contributed by atoms with Gasteiger partial charge in [-0.15, -0.1) is 0 Å². The molecule has 0 aliphatic carbocycles. The molecule has 81 heavy (non-hydrogen) atoms. The maximum atomic E-state index is 12.5. The summed E-state index contributed by atoms with van der Waals surface area (Å²) in [6.45, 7) is 4.91. The lowest BCUT2D eigenvalue weighted by Gasteiger charge is -2.20. The van der Waals surface area contributed by atoms with Gasteiger partial charge in [0.2, 0.25) is 5.91 Å². The quantitative estimate of drug-likeness (QED) is 0.0320. The van der Waals surface area contributed by atoms with Gasteiger partial charge < -0.3 is 20.3 Å². The molecule has 0 spiro atoms.